The molecule has 9 heteroatoms. The third-order valence-electron chi connectivity index (χ3n) is 2.57. The molecule has 0 atom stereocenters. The van der Waals surface area contributed by atoms with Gasteiger partial charge in [0, 0.05) is 26.6 Å². The molecule has 1 rings (SSSR count). The Kier molecular flexibility index (Phi) is 5.61. The van der Waals surface area contributed by atoms with Gasteiger partial charge in [0.05, 0.1) is 0 Å². The molecule has 0 aliphatic heterocycles. The number of alkyl halides is 3. The largest absolute Gasteiger partial charge is 0.389 e. The molecule has 1 heterocycles. The van der Waals surface area contributed by atoms with Crippen LogP contribution < -0.4 is 16.0 Å². The van der Waals surface area contributed by atoms with E-state index in [1.54, 1.807) is 0 Å². The molecule has 0 saturated heterocycles. The van der Waals surface area contributed by atoms with E-state index in [0.717, 1.165) is 11.3 Å². The highest BCUT2D eigenvalue weighted by molar-refractivity contribution is 7.18. The highest BCUT2D eigenvalue weighted by Gasteiger charge is 2.26. The first-order valence-electron chi connectivity index (χ1n) is 6.07. The molecule has 114 valence electrons. The minimum absolute atomic E-state index is 0.0470. The van der Waals surface area contributed by atoms with Gasteiger partial charge in [0.1, 0.15) is 10.7 Å². The number of nitrogens with two attached hydrogens (primary N) is 1. The van der Waals surface area contributed by atoms with Gasteiger partial charge in [0.2, 0.25) is 0 Å². The molecule has 3 N–H and O–H groups in total. The smallest absolute Gasteiger partial charge is 0.382 e. The van der Waals surface area contributed by atoms with Crippen LogP contribution in [0.3, 0.4) is 0 Å². The second-order valence-electron chi connectivity index (χ2n) is 4.20. The van der Waals surface area contributed by atoms with E-state index in [1.807, 2.05) is 18.9 Å². The Morgan fingerprint density at radius 3 is 2.70 bits per heavy atom. The molecule has 0 radical (unpaired) electrons. The molecule has 1 aromatic heterocycles. The maximum atomic E-state index is 12.0. The van der Waals surface area contributed by atoms with Crippen molar-refractivity contribution in [1.82, 2.24) is 10.3 Å². The van der Waals surface area contributed by atoms with E-state index in [2.05, 4.69) is 10.3 Å². The van der Waals surface area contributed by atoms with Gasteiger partial charge in [0.15, 0.2) is 5.13 Å². The van der Waals surface area contributed by atoms with Gasteiger partial charge in [-0.2, -0.15) is 13.2 Å². The molecular formula is C11H17F3N4OS. The fourth-order valence-corrected chi connectivity index (χ4v) is 2.28. The number of halogens is 3. The summed E-state index contributed by atoms with van der Waals surface area (Å²) < 4.78 is 35.9. The number of thiazole rings is 1. The number of hydrogen-bond donors (Lipinski definition) is 2. The topological polar surface area (TPSA) is 71.2 Å². The van der Waals surface area contributed by atoms with Crippen LogP contribution in [0.1, 0.15) is 29.4 Å². The monoisotopic (exact) mass is 310 g/mol. The summed E-state index contributed by atoms with van der Waals surface area (Å²) in [6, 6.07) is 0. The van der Waals surface area contributed by atoms with Crippen LogP contribution in [0.4, 0.5) is 24.1 Å². The zero-order chi connectivity index (χ0) is 15.3. The Bertz CT molecular complexity index is 461. The molecule has 1 amide bonds. The lowest BCUT2D eigenvalue weighted by Crippen LogP contribution is -2.25. The van der Waals surface area contributed by atoms with Crippen molar-refractivity contribution in [1.29, 1.82) is 0 Å². The van der Waals surface area contributed by atoms with E-state index in [0.29, 0.717) is 11.7 Å². The van der Waals surface area contributed by atoms with Crippen molar-refractivity contribution in [3.05, 3.63) is 4.88 Å². The quantitative estimate of drug-likeness (QED) is 0.791. The average molecular weight is 310 g/mol. The SMILES string of the molecule is CCN(C)c1nc(N)c(C(=O)NCCCC(F)(F)F)s1. The summed E-state index contributed by atoms with van der Waals surface area (Å²) in [4.78, 5) is 17.9. The number of aromatic nitrogens is 1. The summed E-state index contributed by atoms with van der Waals surface area (Å²) >= 11 is 1.12. The van der Waals surface area contributed by atoms with Crippen LogP contribution in [0.25, 0.3) is 0 Å². The number of carbonyl (C=O) groups is 1. The lowest BCUT2D eigenvalue weighted by molar-refractivity contribution is -0.135. The highest BCUT2D eigenvalue weighted by Crippen LogP contribution is 2.27. The van der Waals surface area contributed by atoms with Crippen LogP contribution in [0.2, 0.25) is 0 Å². The van der Waals surface area contributed by atoms with Gasteiger partial charge in [0.25, 0.3) is 5.91 Å². The van der Waals surface area contributed by atoms with Crippen LogP contribution >= 0.6 is 11.3 Å². The van der Waals surface area contributed by atoms with Crippen LogP contribution in [-0.2, 0) is 0 Å². The fraction of sp³-hybridized carbons (Fsp3) is 0.636. The lowest BCUT2D eigenvalue weighted by atomic mass is 10.3. The van der Waals surface area contributed by atoms with Crippen molar-refractivity contribution in [3.8, 4) is 0 Å². The Labute approximate surface area is 119 Å². The normalized spacial score (nSPS) is 11.4. The van der Waals surface area contributed by atoms with Gasteiger partial charge in [-0.05, 0) is 13.3 Å². The number of rotatable bonds is 6. The molecule has 0 spiro atoms. The van der Waals surface area contributed by atoms with Crippen LogP contribution in [-0.4, -0.2) is 37.2 Å². The highest BCUT2D eigenvalue weighted by atomic mass is 32.1. The number of hydrogen-bond acceptors (Lipinski definition) is 5. The van der Waals surface area contributed by atoms with Crippen LogP contribution in [0.5, 0.6) is 0 Å². The van der Waals surface area contributed by atoms with Gasteiger partial charge in [-0.15, -0.1) is 0 Å². The zero-order valence-electron chi connectivity index (χ0n) is 11.3. The van der Waals surface area contributed by atoms with E-state index in [-0.39, 0.29) is 23.7 Å². The van der Waals surface area contributed by atoms with E-state index < -0.39 is 18.5 Å². The minimum Gasteiger partial charge on any atom is -0.382 e. The number of carbonyl (C=O) groups excluding carboxylic acids is 1. The summed E-state index contributed by atoms with van der Waals surface area (Å²) in [5.74, 6) is -0.392. The molecule has 20 heavy (non-hydrogen) atoms. The van der Waals surface area contributed by atoms with Crippen molar-refractivity contribution in [2.45, 2.75) is 25.9 Å². The first kappa shape index (κ1) is 16.5. The average Bonchev–Trinajstić information content (AvgIpc) is 2.74. The molecule has 1 aromatic rings. The van der Waals surface area contributed by atoms with E-state index in [9.17, 15) is 18.0 Å². The van der Waals surface area contributed by atoms with E-state index >= 15 is 0 Å². The van der Waals surface area contributed by atoms with E-state index in [1.165, 1.54) is 0 Å². The minimum atomic E-state index is -4.20. The predicted octanol–water partition coefficient (Wildman–Crippen LogP) is 2.25. The first-order valence-corrected chi connectivity index (χ1v) is 6.88. The van der Waals surface area contributed by atoms with Crippen molar-refractivity contribution in [3.63, 3.8) is 0 Å². The van der Waals surface area contributed by atoms with Gasteiger partial charge < -0.3 is 16.0 Å². The standard InChI is InChI=1S/C11H17F3N4OS/c1-3-18(2)10-17-8(15)7(20-10)9(19)16-6-4-5-11(12,13)14/h3-6,15H2,1-2H3,(H,16,19). The Morgan fingerprint density at radius 2 is 2.15 bits per heavy atom. The van der Waals surface area contributed by atoms with Crippen molar-refractivity contribution in [2.75, 3.05) is 30.8 Å². The molecule has 0 fully saturated rings. The molecule has 0 aliphatic carbocycles. The molecule has 0 unspecified atom stereocenters. The number of nitrogens with zero attached hydrogens (tertiary/aromatic N) is 2. The molecule has 5 nitrogen and oxygen atoms in total. The van der Waals surface area contributed by atoms with Crippen LogP contribution in [0.15, 0.2) is 0 Å². The summed E-state index contributed by atoms with van der Waals surface area (Å²) in [5.41, 5.74) is 5.64. The maximum absolute atomic E-state index is 12.0. The second-order valence-corrected chi connectivity index (χ2v) is 5.18. The van der Waals surface area contributed by atoms with E-state index in [4.69, 9.17) is 5.73 Å². The number of nitrogen functional groups attached to an aromatic ring is 1. The Morgan fingerprint density at radius 1 is 1.50 bits per heavy atom. The fourth-order valence-electron chi connectivity index (χ4n) is 1.35. The summed E-state index contributed by atoms with van der Waals surface area (Å²) in [6.07, 6.45) is -5.28. The number of anilines is 2. The second kappa shape index (κ2) is 6.78. The molecule has 0 bridgehead atoms. The Balaban J connectivity index is 2.53. The summed E-state index contributed by atoms with van der Waals surface area (Å²) in [6.45, 7) is 2.59. The molecular weight excluding hydrogens is 293 g/mol. The maximum Gasteiger partial charge on any atom is 0.389 e. The molecule has 0 aliphatic rings. The molecule has 0 aromatic carbocycles. The summed E-state index contributed by atoms with van der Waals surface area (Å²) in [5, 5.41) is 3.02. The van der Waals surface area contributed by atoms with Crippen molar-refractivity contribution >= 4 is 28.2 Å². The van der Waals surface area contributed by atoms with Gasteiger partial charge in [-0.25, -0.2) is 4.98 Å². The third-order valence-corrected chi connectivity index (χ3v) is 3.76. The molecule has 0 saturated carbocycles. The van der Waals surface area contributed by atoms with Crippen molar-refractivity contribution in [2.24, 2.45) is 0 Å². The Hall–Kier alpha value is -1.51. The lowest BCUT2D eigenvalue weighted by Gasteiger charge is -2.10. The van der Waals surface area contributed by atoms with Crippen molar-refractivity contribution < 1.29 is 18.0 Å². The third kappa shape index (κ3) is 4.87. The van der Waals surface area contributed by atoms with Gasteiger partial charge in [-0.3, -0.25) is 4.79 Å². The zero-order valence-corrected chi connectivity index (χ0v) is 12.1. The van der Waals surface area contributed by atoms with Gasteiger partial charge in [-0.1, -0.05) is 11.3 Å². The first-order chi connectivity index (χ1) is 9.24. The predicted molar refractivity (Wildman–Crippen MR) is 73.1 cm³/mol. The number of amides is 1. The number of nitrogens with one attached hydrogen (secondary N) is 1. The van der Waals surface area contributed by atoms with Gasteiger partial charge >= 0.3 is 6.18 Å². The van der Waals surface area contributed by atoms with Crippen LogP contribution in [0, 0.1) is 0 Å². The summed E-state index contributed by atoms with van der Waals surface area (Å²) in [7, 11) is 1.81.